The van der Waals surface area contributed by atoms with Gasteiger partial charge in [-0.2, -0.15) is 10.4 Å². The summed E-state index contributed by atoms with van der Waals surface area (Å²) in [6, 6.07) is 0. The second kappa shape index (κ2) is 6.89. The van der Waals surface area contributed by atoms with Crippen LogP contribution in [0.15, 0.2) is 0 Å². The monoisotopic (exact) mass is 438 g/mol. The molecule has 2 atom stereocenters. The summed E-state index contributed by atoms with van der Waals surface area (Å²) in [7, 11) is 0.194. The number of carboxylic acid groups (broad SMARTS) is 2. The molecule has 0 aliphatic carbocycles. The number of quaternary nitrogens is 2. The van der Waals surface area contributed by atoms with Crippen LogP contribution in [0.1, 0.15) is 39.5 Å². The number of carboxylic acids is 2. The minimum atomic E-state index is -2.60. The maximum atomic E-state index is 12.1. The summed E-state index contributed by atoms with van der Waals surface area (Å²) in [4.78, 5) is 66.8. The van der Waals surface area contributed by atoms with E-state index in [2.05, 4.69) is 0 Å². The van der Waals surface area contributed by atoms with Crippen LogP contribution in [0.5, 0.6) is 0 Å². The van der Waals surface area contributed by atoms with Gasteiger partial charge in [0.05, 0.1) is 25.7 Å². The summed E-state index contributed by atoms with van der Waals surface area (Å²) in [5.74, 6) is -8.01. The summed E-state index contributed by atoms with van der Waals surface area (Å²) < 4.78 is -4.22. The average molecular weight is 438 g/mol. The lowest BCUT2D eigenvalue weighted by atomic mass is 10.2. The van der Waals surface area contributed by atoms with E-state index in [4.69, 9.17) is 0 Å². The second-order valence-corrected chi connectivity index (χ2v) is 9.51. The summed E-state index contributed by atoms with van der Waals surface area (Å²) >= 11 is 0. The average Bonchev–Trinajstić information content (AvgIpc) is 3.05. The predicted octanol–water partition coefficient (Wildman–Crippen LogP) is 0.0754. The Balaban J connectivity index is 2.49. The Hall–Kier alpha value is -1.84. The first-order chi connectivity index (χ1) is 12.7. The lowest BCUT2D eigenvalue weighted by Crippen LogP contribution is -2.68. The van der Waals surface area contributed by atoms with Crippen molar-refractivity contribution in [2.24, 2.45) is 0 Å². The number of likely N-dealkylation sites (tertiary alicyclic amines) is 2. The fourth-order valence-electron chi connectivity index (χ4n) is 2.92. The van der Waals surface area contributed by atoms with E-state index in [0.717, 1.165) is 13.8 Å². The number of hydrogen-bond acceptors (Lipinski definition) is 10. The van der Waals surface area contributed by atoms with Gasteiger partial charge in [-0.15, -0.1) is 0 Å². The normalized spacial score (nSPS) is 25.4. The van der Waals surface area contributed by atoms with Crippen molar-refractivity contribution in [3.63, 3.8) is 0 Å². The molecule has 12 nitrogen and oxygen atoms in total. The number of rotatable bonds is 7. The van der Waals surface area contributed by atoms with Gasteiger partial charge < -0.3 is 10.2 Å². The van der Waals surface area contributed by atoms with Gasteiger partial charge in [-0.3, -0.25) is 0 Å². The van der Waals surface area contributed by atoms with Crippen molar-refractivity contribution < 1.29 is 58.7 Å². The van der Waals surface area contributed by atoms with Gasteiger partial charge in [-0.25, -0.2) is 28.8 Å². The van der Waals surface area contributed by atoms with Crippen LogP contribution >= 0.6 is 21.6 Å². The lowest BCUT2D eigenvalue weighted by molar-refractivity contribution is -0.991. The van der Waals surface area contributed by atoms with Gasteiger partial charge in [0, 0.05) is 13.8 Å². The number of imide groups is 2. The number of amides is 4. The van der Waals surface area contributed by atoms with Crippen LogP contribution in [-0.4, -0.2) is 75.2 Å². The molecule has 154 valence electrons. The van der Waals surface area contributed by atoms with E-state index >= 15 is 0 Å². The van der Waals surface area contributed by atoms with Crippen LogP contribution in [0.2, 0.25) is 0 Å². The minimum Gasteiger partial charge on any atom is -0.476 e. The molecule has 4 amide bonds. The largest absolute Gasteiger partial charge is 0.476 e. The summed E-state index contributed by atoms with van der Waals surface area (Å²) in [6.07, 6.45) is -1.62. The Bertz CT molecular complexity index is 716. The van der Waals surface area contributed by atoms with Crippen molar-refractivity contribution in [1.29, 1.82) is 0 Å². The molecule has 0 bridgehead atoms. The third-order valence-electron chi connectivity index (χ3n) is 4.94. The molecule has 2 aliphatic heterocycles. The standard InChI is InChI=1S/C14H16N2O10S2/c1-13(11(21)22,15(25)7(17)3-4-8(15)18)27-28-14(2,12(23)24)16(26)9(19)5-6-10(16)20/h25-26H,3-6H2,1-2H3/p+2. The van der Waals surface area contributed by atoms with Gasteiger partial charge >= 0.3 is 35.6 Å². The van der Waals surface area contributed by atoms with Gasteiger partial charge in [0.15, 0.2) is 0 Å². The zero-order valence-corrected chi connectivity index (χ0v) is 16.4. The first kappa shape index (κ1) is 22.4. The number of nitrogens with zero attached hydrogens (tertiary/aromatic N) is 2. The highest BCUT2D eigenvalue weighted by Crippen LogP contribution is 2.53. The molecule has 4 N–H and O–H groups in total. The van der Waals surface area contributed by atoms with Gasteiger partial charge in [0.1, 0.15) is 0 Å². The Morgan fingerprint density at radius 2 is 0.929 bits per heavy atom. The third-order valence-corrected chi connectivity index (χ3v) is 8.75. The van der Waals surface area contributed by atoms with Crippen LogP contribution in [0, 0.1) is 0 Å². The summed E-state index contributed by atoms with van der Waals surface area (Å²) in [5.41, 5.74) is 0. The Labute approximate surface area is 165 Å². The van der Waals surface area contributed by atoms with Gasteiger partial charge in [-0.05, 0) is 30.9 Å². The molecule has 28 heavy (non-hydrogen) atoms. The minimum absolute atomic E-state index is 0.0971. The van der Waals surface area contributed by atoms with E-state index in [9.17, 15) is 49.4 Å². The summed E-state index contributed by atoms with van der Waals surface area (Å²) in [5, 5.41) is 40.3. The lowest BCUT2D eigenvalue weighted by Gasteiger charge is -2.37. The van der Waals surface area contributed by atoms with Crippen molar-refractivity contribution in [1.82, 2.24) is 0 Å². The Morgan fingerprint density at radius 3 is 1.11 bits per heavy atom. The molecule has 0 radical (unpaired) electrons. The summed E-state index contributed by atoms with van der Waals surface area (Å²) in [6.45, 7) is 1.68. The van der Waals surface area contributed by atoms with Crippen LogP contribution < -0.4 is 0 Å². The van der Waals surface area contributed by atoms with E-state index < -0.39 is 80.3 Å². The first-order valence-corrected chi connectivity index (χ1v) is 10.1. The van der Waals surface area contributed by atoms with Crippen molar-refractivity contribution in [2.75, 3.05) is 0 Å². The second-order valence-electron chi connectivity index (χ2n) is 6.59. The van der Waals surface area contributed by atoms with Crippen molar-refractivity contribution in [2.45, 2.75) is 49.3 Å². The molecule has 14 heteroatoms. The molecule has 2 fully saturated rings. The number of hydrogen-bond donors (Lipinski definition) is 4. The molecule has 0 aromatic heterocycles. The molecular weight excluding hydrogens is 420 g/mol. The zero-order chi connectivity index (χ0) is 21.7. The van der Waals surface area contributed by atoms with Crippen molar-refractivity contribution in [3.05, 3.63) is 0 Å². The van der Waals surface area contributed by atoms with E-state index in [0.29, 0.717) is 0 Å². The molecule has 2 rings (SSSR count). The highest BCUT2D eigenvalue weighted by atomic mass is 33.1. The molecule has 0 spiro atoms. The predicted molar refractivity (Wildman–Crippen MR) is 89.9 cm³/mol. The van der Waals surface area contributed by atoms with Crippen molar-refractivity contribution >= 4 is 57.2 Å². The number of aliphatic carboxylic acids is 2. The van der Waals surface area contributed by atoms with Gasteiger partial charge in [0.2, 0.25) is 0 Å². The van der Waals surface area contributed by atoms with Crippen LogP contribution in [0.3, 0.4) is 0 Å². The molecule has 2 aliphatic rings. The highest BCUT2D eigenvalue weighted by Gasteiger charge is 2.72. The molecular formula is C14H18N2O10S2+2. The molecule has 2 saturated heterocycles. The zero-order valence-electron chi connectivity index (χ0n) is 14.8. The quantitative estimate of drug-likeness (QED) is 0.182. The van der Waals surface area contributed by atoms with Crippen LogP contribution in [0.25, 0.3) is 0 Å². The smallest absolute Gasteiger partial charge is 0.381 e. The number of carbonyl (C=O) groups excluding carboxylic acids is 4. The third kappa shape index (κ3) is 2.71. The Kier molecular flexibility index (Phi) is 5.53. The van der Waals surface area contributed by atoms with E-state index in [1.54, 1.807) is 0 Å². The maximum Gasteiger partial charge on any atom is 0.381 e. The molecule has 0 aromatic carbocycles. The van der Waals surface area contributed by atoms with E-state index in [1.165, 1.54) is 0 Å². The fraction of sp³-hybridized carbons (Fsp3) is 0.571. The highest BCUT2D eigenvalue weighted by molar-refractivity contribution is 8.77. The Morgan fingerprint density at radius 1 is 0.714 bits per heavy atom. The van der Waals surface area contributed by atoms with E-state index in [1.807, 2.05) is 0 Å². The molecule has 2 unspecified atom stereocenters. The van der Waals surface area contributed by atoms with Gasteiger partial charge in [-0.1, -0.05) is 0 Å². The fourth-order valence-corrected chi connectivity index (χ4v) is 6.06. The maximum absolute atomic E-state index is 12.1. The number of hydroxylamine groups is 6. The topological polar surface area (TPSA) is 183 Å². The van der Waals surface area contributed by atoms with Gasteiger partial charge in [0.25, 0.3) is 9.74 Å². The molecule has 0 aromatic rings. The van der Waals surface area contributed by atoms with Crippen molar-refractivity contribution in [3.8, 4) is 0 Å². The van der Waals surface area contributed by atoms with Crippen LogP contribution in [0.4, 0.5) is 0 Å². The first-order valence-electron chi connectivity index (χ1n) is 7.90. The van der Waals surface area contributed by atoms with Crippen LogP contribution in [-0.2, 0) is 28.8 Å². The number of carbonyl (C=O) groups is 6. The molecule has 0 saturated carbocycles. The molecule has 2 heterocycles. The SMILES string of the molecule is CC(SSC(C)(C(=O)O)[N+]1(O)C(=O)CCC1=O)(C(=O)O)[N+]1(O)C(=O)CCC1=O. The van der Waals surface area contributed by atoms with E-state index in [-0.39, 0.29) is 21.6 Å².